The summed E-state index contributed by atoms with van der Waals surface area (Å²) in [5.41, 5.74) is 0. The number of nitrogens with one attached hydrogen (secondary N) is 1. The van der Waals surface area contributed by atoms with Crippen molar-refractivity contribution in [2.75, 3.05) is 6.61 Å². The summed E-state index contributed by atoms with van der Waals surface area (Å²) in [5.74, 6) is -0.521. The van der Waals surface area contributed by atoms with Gasteiger partial charge in [0.25, 0.3) is 0 Å². The molecule has 0 aromatic carbocycles. The summed E-state index contributed by atoms with van der Waals surface area (Å²) in [5, 5.41) is 23.7. The standard InChI is InChI=1S/C54H97NO5/c1-4-7-10-13-16-19-22-24-26-28-29-31-33-36-39-42-45-50(60-54(59)47-44-41-38-35-32-30-27-25-23-20-17-14-11-8-5-2)48-53(58)55-51(49-56)52(57)46-43-40-37-34-21-18-15-12-9-6-3/h17,20,22-26,28-29,31,50-52,56-57H,4-16,18-19,21,27,30,32-49H2,1-3H3,(H,55,58)/b20-17+,24-22+,25-23+,28-26+,31-29+. The lowest BCUT2D eigenvalue weighted by Crippen LogP contribution is -2.46. The van der Waals surface area contributed by atoms with Crippen LogP contribution in [0.2, 0.25) is 0 Å². The topological polar surface area (TPSA) is 95.9 Å². The normalized spacial score (nSPS) is 13.8. The van der Waals surface area contributed by atoms with Gasteiger partial charge in [-0.2, -0.15) is 0 Å². The van der Waals surface area contributed by atoms with Crippen molar-refractivity contribution in [2.24, 2.45) is 0 Å². The second-order valence-electron chi connectivity index (χ2n) is 17.3. The average molecular weight is 840 g/mol. The Morgan fingerprint density at radius 2 is 0.850 bits per heavy atom. The molecule has 0 rings (SSSR count). The molecule has 0 aromatic rings. The van der Waals surface area contributed by atoms with E-state index in [1.54, 1.807) is 0 Å². The molecule has 3 atom stereocenters. The van der Waals surface area contributed by atoms with Gasteiger partial charge in [0, 0.05) is 6.42 Å². The minimum Gasteiger partial charge on any atom is -0.462 e. The summed E-state index contributed by atoms with van der Waals surface area (Å²) >= 11 is 0. The van der Waals surface area contributed by atoms with Gasteiger partial charge in [-0.05, 0) is 77.0 Å². The van der Waals surface area contributed by atoms with E-state index in [4.69, 9.17) is 4.74 Å². The predicted molar refractivity (Wildman–Crippen MR) is 259 cm³/mol. The average Bonchev–Trinajstić information content (AvgIpc) is 3.24. The monoisotopic (exact) mass is 840 g/mol. The number of allylic oxidation sites excluding steroid dienone is 10. The van der Waals surface area contributed by atoms with Crippen LogP contribution in [-0.2, 0) is 14.3 Å². The SMILES string of the molecule is CCCCC/C=C/C=C/CCCCCCCCC(=O)OC(CCCCC/C=C/C=C/C=C/CCCCCCC)CC(=O)NC(CO)C(O)CCCCCCCCCCCC. The van der Waals surface area contributed by atoms with Crippen molar-refractivity contribution in [3.8, 4) is 0 Å². The second kappa shape index (κ2) is 47.6. The lowest BCUT2D eigenvalue weighted by atomic mass is 10.0. The van der Waals surface area contributed by atoms with Crippen LogP contribution in [0.1, 0.15) is 245 Å². The van der Waals surface area contributed by atoms with Crippen LogP contribution >= 0.6 is 0 Å². The van der Waals surface area contributed by atoms with E-state index in [-0.39, 0.29) is 24.9 Å². The van der Waals surface area contributed by atoms with Crippen LogP contribution < -0.4 is 5.32 Å². The molecule has 0 aliphatic rings. The number of ether oxygens (including phenoxy) is 1. The summed E-state index contributed by atoms with van der Waals surface area (Å²) in [4.78, 5) is 26.1. The Hall–Kier alpha value is -2.44. The predicted octanol–water partition coefficient (Wildman–Crippen LogP) is 15.2. The Morgan fingerprint density at radius 3 is 1.33 bits per heavy atom. The number of rotatable bonds is 45. The molecule has 0 bridgehead atoms. The van der Waals surface area contributed by atoms with E-state index in [9.17, 15) is 19.8 Å². The highest BCUT2D eigenvalue weighted by molar-refractivity contribution is 5.77. The molecule has 0 saturated carbocycles. The van der Waals surface area contributed by atoms with Gasteiger partial charge in [0.1, 0.15) is 6.10 Å². The molecular weight excluding hydrogens is 743 g/mol. The number of unbranched alkanes of at least 4 members (excludes halogenated alkanes) is 26. The van der Waals surface area contributed by atoms with Crippen LogP contribution in [0.5, 0.6) is 0 Å². The van der Waals surface area contributed by atoms with Gasteiger partial charge in [0.2, 0.25) is 5.91 Å². The fourth-order valence-electron chi connectivity index (χ4n) is 7.48. The van der Waals surface area contributed by atoms with Gasteiger partial charge in [0.15, 0.2) is 0 Å². The highest BCUT2D eigenvalue weighted by Crippen LogP contribution is 2.17. The van der Waals surface area contributed by atoms with Crippen LogP contribution in [0.25, 0.3) is 0 Å². The van der Waals surface area contributed by atoms with Gasteiger partial charge in [0.05, 0.1) is 25.2 Å². The first-order chi connectivity index (χ1) is 29.5. The molecule has 348 valence electrons. The maximum atomic E-state index is 13.2. The number of hydrogen-bond donors (Lipinski definition) is 3. The maximum absolute atomic E-state index is 13.2. The van der Waals surface area contributed by atoms with Gasteiger partial charge in [-0.3, -0.25) is 9.59 Å². The van der Waals surface area contributed by atoms with Crippen molar-refractivity contribution < 1.29 is 24.5 Å². The second-order valence-corrected chi connectivity index (χ2v) is 17.3. The first-order valence-electron chi connectivity index (χ1n) is 25.6. The van der Waals surface area contributed by atoms with Crippen molar-refractivity contribution in [3.05, 3.63) is 60.8 Å². The molecule has 0 aromatic heterocycles. The van der Waals surface area contributed by atoms with Gasteiger partial charge in [-0.15, -0.1) is 0 Å². The summed E-state index contributed by atoms with van der Waals surface area (Å²) in [7, 11) is 0. The van der Waals surface area contributed by atoms with Crippen molar-refractivity contribution in [1.82, 2.24) is 5.32 Å². The van der Waals surface area contributed by atoms with E-state index in [1.807, 2.05) is 0 Å². The largest absolute Gasteiger partial charge is 0.462 e. The number of carbonyl (C=O) groups excluding carboxylic acids is 2. The van der Waals surface area contributed by atoms with Gasteiger partial charge in [-0.1, -0.05) is 216 Å². The molecule has 0 aliphatic carbocycles. The summed E-state index contributed by atoms with van der Waals surface area (Å²) in [6.45, 7) is 6.41. The Morgan fingerprint density at radius 1 is 0.483 bits per heavy atom. The van der Waals surface area contributed by atoms with Gasteiger partial charge >= 0.3 is 5.97 Å². The van der Waals surface area contributed by atoms with Crippen LogP contribution in [0.3, 0.4) is 0 Å². The number of carbonyl (C=O) groups is 2. The molecule has 0 spiro atoms. The molecular formula is C54H97NO5. The van der Waals surface area contributed by atoms with Crippen LogP contribution in [0, 0.1) is 0 Å². The molecule has 0 aliphatic heterocycles. The highest BCUT2D eigenvalue weighted by atomic mass is 16.5. The first-order valence-corrected chi connectivity index (χ1v) is 25.6. The first kappa shape index (κ1) is 57.6. The quantitative estimate of drug-likeness (QED) is 0.0322. The molecule has 6 heteroatoms. The van der Waals surface area contributed by atoms with E-state index in [1.165, 1.54) is 122 Å². The van der Waals surface area contributed by atoms with Gasteiger partial charge in [-0.25, -0.2) is 0 Å². The molecule has 0 heterocycles. The summed E-state index contributed by atoms with van der Waals surface area (Å²) in [6.07, 6.45) is 58.4. The number of aliphatic hydroxyl groups is 2. The molecule has 3 N–H and O–H groups in total. The Bertz CT molecular complexity index is 1080. The Balaban J connectivity index is 4.69. The molecule has 60 heavy (non-hydrogen) atoms. The number of hydrogen-bond acceptors (Lipinski definition) is 5. The number of esters is 1. The summed E-state index contributed by atoms with van der Waals surface area (Å²) < 4.78 is 5.91. The third-order valence-electron chi connectivity index (χ3n) is 11.4. The van der Waals surface area contributed by atoms with Crippen molar-refractivity contribution >= 4 is 11.9 Å². The smallest absolute Gasteiger partial charge is 0.306 e. The minimum atomic E-state index is -0.799. The fourth-order valence-corrected chi connectivity index (χ4v) is 7.48. The van der Waals surface area contributed by atoms with E-state index in [0.29, 0.717) is 19.3 Å². The summed E-state index contributed by atoms with van der Waals surface area (Å²) in [6, 6.07) is -0.715. The van der Waals surface area contributed by atoms with Crippen molar-refractivity contribution in [2.45, 2.75) is 264 Å². The molecule has 0 fully saturated rings. The lowest BCUT2D eigenvalue weighted by Gasteiger charge is -2.24. The number of aliphatic hydroxyl groups excluding tert-OH is 2. The van der Waals surface area contributed by atoms with Crippen molar-refractivity contribution in [1.29, 1.82) is 0 Å². The minimum absolute atomic E-state index is 0.0489. The highest BCUT2D eigenvalue weighted by Gasteiger charge is 2.24. The Labute approximate surface area is 371 Å². The number of amides is 1. The van der Waals surface area contributed by atoms with E-state index in [0.717, 1.165) is 77.0 Å². The lowest BCUT2D eigenvalue weighted by molar-refractivity contribution is -0.151. The fraction of sp³-hybridized carbons (Fsp3) is 0.778. The zero-order valence-electron chi connectivity index (χ0n) is 39.6. The molecule has 3 unspecified atom stereocenters. The van der Waals surface area contributed by atoms with E-state index < -0.39 is 18.2 Å². The van der Waals surface area contributed by atoms with Gasteiger partial charge < -0.3 is 20.3 Å². The van der Waals surface area contributed by atoms with Crippen molar-refractivity contribution in [3.63, 3.8) is 0 Å². The molecule has 0 saturated heterocycles. The van der Waals surface area contributed by atoms with Crippen LogP contribution in [-0.4, -0.2) is 46.9 Å². The zero-order valence-corrected chi connectivity index (χ0v) is 39.6. The third kappa shape index (κ3) is 42.3. The van der Waals surface area contributed by atoms with Crippen LogP contribution in [0.4, 0.5) is 0 Å². The van der Waals surface area contributed by atoms with Crippen LogP contribution in [0.15, 0.2) is 60.8 Å². The maximum Gasteiger partial charge on any atom is 0.306 e. The Kier molecular flexibility index (Phi) is 45.7. The zero-order chi connectivity index (χ0) is 43.8. The van der Waals surface area contributed by atoms with E-state index in [2.05, 4.69) is 86.8 Å². The third-order valence-corrected chi connectivity index (χ3v) is 11.4. The molecule has 0 radical (unpaired) electrons. The molecule has 1 amide bonds. The molecule has 6 nitrogen and oxygen atoms in total. The van der Waals surface area contributed by atoms with E-state index >= 15 is 0 Å².